The quantitative estimate of drug-likeness (QED) is 0.483. The Hall–Kier alpha value is -1.30. The maximum atomic E-state index is 11.6. The second-order valence-corrected chi connectivity index (χ2v) is 5.22. The normalized spacial score (nSPS) is 14.0. The molecule has 6 heteroatoms. The molecule has 0 aliphatic rings. The Balaban J connectivity index is 4.05. The molecule has 18 heavy (non-hydrogen) atoms. The SMILES string of the molecule is CN=C(NCC(=O)NC(C)(C)C)NC(C)COC. The number of hydrogen-bond donors (Lipinski definition) is 3. The number of guanidine groups is 1. The van der Waals surface area contributed by atoms with Crippen LogP contribution in [0.5, 0.6) is 0 Å². The van der Waals surface area contributed by atoms with Crippen LogP contribution in [0, 0.1) is 0 Å². The van der Waals surface area contributed by atoms with Gasteiger partial charge in [-0.1, -0.05) is 0 Å². The standard InChI is InChI=1S/C12H26N4O2/c1-9(8-18-6)15-11(13-5)14-7-10(17)16-12(2,3)4/h9H,7-8H2,1-6H3,(H,16,17)(H2,13,14,15). The molecule has 0 rings (SSSR count). The van der Waals surface area contributed by atoms with Gasteiger partial charge < -0.3 is 20.7 Å². The molecule has 0 aromatic rings. The number of rotatable bonds is 5. The first-order chi connectivity index (χ1) is 8.28. The lowest BCUT2D eigenvalue weighted by molar-refractivity contribution is -0.121. The molecule has 0 saturated heterocycles. The van der Waals surface area contributed by atoms with Crippen molar-refractivity contribution in [1.82, 2.24) is 16.0 Å². The second kappa shape index (κ2) is 7.92. The van der Waals surface area contributed by atoms with Crippen LogP contribution in [0.4, 0.5) is 0 Å². The van der Waals surface area contributed by atoms with Gasteiger partial charge in [0.1, 0.15) is 0 Å². The van der Waals surface area contributed by atoms with E-state index in [1.165, 1.54) is 0 Å². The van der Waals surface area contributed by atoms with E-state index in [0.717, 1.165) is 0 Å². The van der Waals surface area contributed by atoms with Crippen LogP contribution in [-0.2, 0) is 9.53 Å². The predicted molar refractivity (Wildman–Crippen MR) is 73.7 cm³/mol. The summed E-state index contributed by atoms with van der Waals surface area (Å²) in [5, 5.41) is 8.94. The van der Waals surface area contributed by atoms with Crippen molar-refractivity contribution in [2.75, 3.05) is 27.3 Å². The summed E-state index contributed by atoms with van der Waals surface area (Å²) in [6.07, 6.45) is 0. The summed E-state index contributed by atoms with van der Waals surface area (Å²) in [4.78, 5) is 15.6. The number of nitrogens with one attached hydrogen (secondary N) is 3. The Morgan fingerprint density at radius 1 is 1.39 bits per heavy atom. The molecular weight excluding hydrogens is 232 g/mol. The van der Waals surface area contributed by atoms with Crippen molar-refractivity contribution < 1.29 is 9.53 Å². The van der Waals surface area contributed by atoms with Crippen LogP contribution in [0.25, 0.3) is 0 Å². The van der Waals surface area contributed by atoms with Crippen LogP contribution in [-0.4, -0.2) is 50.8 Å². The van der Waals surface area contributed by atoms with Crippen LogP contribution >= 0.6 is 0 Å². The maximum absolute atomic E-state index is 11.6. The lowest BCUT2D eigenvalue weighted by atomic mass is 10.1. The number of ether oxygens (including phenoxy) is 1. The third kappa shape index (κ3) is 8.81. The Kier molecular flexibility index (Phi) is 7.35. The highest BCUT2D eigenvalue weighted by Crippen LogP contribution is 1.97. The van der Waals surface area contributed by atoms with Gasteiger partial charge in [0.15, 0.2) is 5.96 Å². The molecule has 0 aliphatic heterocycles. The number of carbonyl (C=O) groups is 1. The fourth-order valence-corrected chi connectivity index (χ4v) is 1.35. The van der Waals surface area contributed by atoms with Crippen molar-refractivity contribution in [3.63, 3.8) is 0 Å². The molecular formula is C12H26N4O2. The number of methoxy groups -OCH3 is 1. The van der Waals surface area contributed by atoms with E-state index >= 15 is 0 Å². The summed E-state index contributed by atoms with van der Waals surface area (Å²) in [5.41, 5.74) is -0.223. The van der Waals surface area contributed by atoms with Crippen molar-refractivity contribution in [1.29, 1.82) is 0 Å². The summed E-state index contributed by atoms with van der Waals surface area (Å²) in [6.45, 7) is 8.58. The number of amides is 1. The summed E-state index contributed by atoms with van der Waals surface area (Å²) in [6, 6.07) is 0.131. The van der Waals surface area contributed by atoms with Crippen LogP contribution in [0.1, 0.15) is 27.7 Å². The van der Waals surface area contributed by atoms with E-state index in [4.69, 9.17) is 4.74 Å². The number of nitrogens with zero attached hydrogens (tertiary/aromatic N) is 1. The number of aliphatic imine (C=N–C) groups is 1. The Morgan fingerprint density at radius 2 is 2.00 bits per heavy atom. The highest BCUT2D eigenvalue weighted by atomic mass is 16.5. The zero-order chi connectivity index (χ0) is 14.2. The van der Waals surface area contributed by atoms with Crippen molar-refractivity contribution >= 4 is 11.9 Å². The van der Waals surface area contributed by atoms with Gasteiger partial charge in [-0.15, -0.1) is 0 Å². The highest BCUT2D eigenvalue weighted by molar-refractivity contribution is 5.86. The van der Waals surface area contributed by atoms with E-state index in [9.17, 15) is 4.79 Å². The molecule has 0 radical (unpaired) electrons. The molecule has 0 saturated carbocycles. The fraction of sp³-hybridized carbons (Fsp3) is 0.833. The van der Waals surface area contributed by atoms with E-state index in [2.05, 4.69) is 20.9 Å². The minimum Gasteiger partial charge on any atom is -0.383 e. The summed E-state index contributed by atoms with van der Waals surface area (Å²) in [7, 11) is 3.31. The number of hydrogen-bond acceptors (Lipinski definition) is 3. The molecule has 0 heterocycles. The third-order valence-electron chi connectivity index (χ3n) is 1.95. The monoisotopic (exact) mass is 258 g/mol. The molecule has 3 N–H and O–H groups in total. The van der Waals surface area contributed by atoms with E-state index in [0.29, 0.717) is 12.6 Å². The Labute approximate surface area is 110 Å². The lowest BCUT2D eigenvalue weighted by Crippen LogP contribution is -2.50. The molecule has 1 amide bonds. The summed E-state index contributed by atoms with van der Waals surface area (Å²) >= 11 is 0. The Morgan fingerprint density at radius 3 is 2.44 bits per heavy atom. The van der Waals surface area contributed by atoms with Crippen molar-refractivity contribution in [2.24, 2.45) is 4.99 Å². The summed E-state index contributed by atoms with van der Waals surface area (Å²) < 4.78 is 5.02. The average molecular weight is 258 g/mol. The first-order valence-corrected chi connectivity index (χ1v) is 6.05. The van der Waals surface area contributed by atoms with Crippen molar-refractivity contribution in [3.05, 3.63) is 0 Å². The van der Waals surface area contributed by atoms with Crippen LogP contribution < -0.4 is 16.0 Å². The largest absolute Gasteiger partial charge is 0.383 e. The Bertz CT molecular complexity index is 284. The molecule has 1 unspecified atom stereocenters. The molecule has 0 spiro atoms. The molecule has 0 aromatic heterocycles. The van der Waals surface area contributed by atoms with Crippen LogP contribution in [0.2, 0.25) is 0 Å². The molecule has 106 valence electrons. The minimum absolute atomic E-state index is 0.0650. The molecule has 1 atom stereocenters. The summed E-state index contributed by atoms with van der Waals surface area (Å²) in [5.74, 6) is 0.522. The van der Waals surface area contributed by atoms with Gasteiger partial charge in [-0.25, -0.2) is 0 Å². The van der Waals surface area contributed by atoms with E-state index in [1.807, 2.05) is 27.7 Å². The fourth-order valence-electron chi connectivity index (χ4n) is 1.35. The van der Waals surface area contributed by atoms with Crippen molar-refractivity contribution in [3.8, 4) is 0 Å². The first kappa shape index (κ1) is 16.7. The van der Waals surface area contributed by atoms with Crippen LogP contribution in [0.15, 0.2) is 4.99 Å². The first-order valence-electron chi connectivity index (χ1n) is 6.05. The van der Waals surface area contributed by atoms with Gasteiger partial charge in [0, 0.05) is 25.7 Å². The van der Waals surface area contributed by atoms with Gasteiger partial charge in [0.2, 0.25) is 5.91 Å². The van der Waals surface area contributed by atoms with Gasteiger partial charge in [-0.05, 0) is 27.7 Å². The molecule has 0 fully saturated rings. The molecule has 0 aromatic carbocycles. The molecule has 6 nitrogen and oxygen atoms in total. The van der Waals surface area contributed by atoms with E-state index in [-0.39, 0.29) is 24.0 Å². The van der Waals surface area contributed by atoms with E-state index in [1.54, 1.807) is 14.2 Å². The van der Waals surface area contributed by atoms with Gasteiger partial charge >= 0.3 is 0 Å². The maximum Gasteiger partial charge on any atom is 0.239 e. The predicted octanol–water partition coefficient (Wildman–Crippen LogP) is 0.101. The third-order valence-corrected chi connectivity index (χ3v) is 1.95. The average Bonchev–Trinajstić information content (AvgIpc) is 2.22. The lowest BCUT2D eigenvalue weighted by Gasteiger charge is -2.21. The molecule has 0 aliphatic carbocycles. The zero-order valence-corrected chi connectivity index (χ0v) is 12.3. The topological polar surface area (TPSA) is 74.8 Å². The minimum atomic E-state index is -0.223. The smallest absolute Gasteiger partial charge is 0.239 e. The second-order valence-electron chi connectivity index (χ2n) is 5.22. The highest BCUT2D eigenvalue weighted by Gasteiger charge is 2.14. The zero-order valence-electron chi connectivity index (χ0n) is 12.3. The van der Waals surface area contributed by atoms with Gasteiger partial charge in [-0.2, -0.15) is 0 Å². The van der Waals surface area contributed by atoms with Crippen molar-refractivity contribution in [2.45, 2.75) is 39.3 Å². The van der Waals surface area contributed by atoms with Crippen LogP contribution in [0.3, 0.4) is 0 Å². The molecule has 0 bridgehead atoms. The van der Waals surface area contributed by atoms with Gasteiger partial charge in [0.25, 0.3) is 0 Å². The van der Waals surface area contributed by atoms with E-state index < -0.39 is 0 Å². The van der Waals surface area contributed by atoms with Gasteiger partial charge in [0.05, 0.1) is 13.2 Å². The number of carbonyl (C=O) groups excluding carboxylic acids is 1. The van der Waals surface area contributed by atoms with Gasteiger partial charge in [-0.3, -0.25) is 9.79 Å².